The quantitative estimate of drug-likeness (QED) is 0.461. The molecule has 6 heteroatoms. The summed E-state index contributed by atoms with van der Waals surface area (Å²) in [7, 11) is 0. The van der Waals surface area contributed by atoms with E-state index in [0.29, 0.717) is 19.5 Å². The zero-order valence-corrected chi connectivity index (χ0v) is 14.0. The average Bonchev–Trinajstić information content (AvgIpc) is 2.81. The second-order valence-electron chi connectivity index (χ2n) is 4.92. The molecule has 1 aromatic heterocycles. The van der Waals surface area contributed by atoms with E-state index >= 15 is 0 Å². The third-order valence-corrected chi connectivity index (χ3v) is 3.51. The molecule has 21 heavy (non-hydrogen) atoms. The van der Waals surface area contributed by atoms with Gasteiger partial charge in [-0.1, -0.05) is 0 Å². The van der Waals surface area contributed by atoms with Crippen molar-refractivity contribution in [3.8, 4) is 0 Å². The fourth-order valence-electron chi connectivity index (χ4n) is 1.67. The van der Waals surface area contributed by atoms with Crippen molar-refractivity contribution in [1.29, 1.82) is 0 Å². The van der Waals surface area contributed by atoms with Crippen LogP contribution in [0, 0.1) is 6.92 Å². The lowest BCUT2D eigenvalue weighted by Crippen LogP contribution is -2.38. The van der Waals surface area contributed by atoms with Crippen molar-refractivity contribution in [2.45, 2.75) is 46.8 Å². The van der Waals surface area contributed by atoms with Crippen LogP contribution in [0.15, 0.2) is 17.1 Å². The Morgan fingerprint density at radius 2 is 2.14 bits per heavy atom. The fraction of sp³-hybridized carbons (Fsp3) is 0.600. The van der Waals surface area contributed by atoms with Gasteiger partial charge in [-0.25, -0.2) is 4.99 Å². The molecule has 0 unspecified atom stereocenters. The lowest BCUT2D eigenvalue weighted by molar-refractivity contribution is -0.147. The number of nitrogens with zero attached hydrogens (tertiary/aromatic N) is 1. The Balaban J connectivity index is 2.40. The number of aryl methyl sites for hydroxylation is 1. The molecule has 0 spiro atoms. The lowest BCUT2D eigenvalue weighted by atomic mass is 10.4. The summed E-state index contributed by atoms with van der Waals surface area (Å²) < 4.78 is 5.09. The van der Waals surface area contributed by atoms with Gasteiger partial charge < -0.3 is 15.4 Å². The molecule has 0 atom stereocenters. The van der Waals surface area contributed by atoms with Crippen LogP contribution < -0.4 is 10.6 Å². The van der Waals surface area contributed by atoms with Crippen LogP contribution in [0.4, 0.5) is 0 Å². The zero-order valence-electron chi connectivity index (χ0n) is 13.2. The Kier molecular flexibility index (Phi) is 7.82. The number of rotatable bonds is 7. The van der Waals surface area contributed by atoms with Crippen molar-refractivity contribution in [1.82, 2.24) is 10.6 Å². The number of thiophene rings is 1. The van der Waals surface area contributed by atoms with Crippen molar-refractivity contribution in [2.75, 3.05) is 13.1 Å². The highest BCUT2D eigenvalue weighted by atomic mass is 32.1. The lowest BCUT2D eigenvalue weighted by Gasteiger charge is -2.11. The van der Waals surface area contributed by atoms with Gasteiger partial charge in [0, 0.05) is 22.8 Å². The predicted octanol–water partition coefficient (Wildman–Crippen LogP) is 2.45. The van der Waals surface area contributed by atoms with E-state index < -0.39 is 0 Å². The summed E-state index contributed by atoms with van der Waals surface area (Å²) in [6.07, 6.45) is 0.266. The van der Waals surface area contributed by atoms with E-state index in [1.54, 1.807) is 11.3 Å². The highest BCUT2D eigenvalue weighted by Gasteiger charge is 2.06. The van der Waals surface area contributed by atoms with Crippen LogP contribution >= 0.6 is 11.3 Å². The monoisotopic (exact) mass is 311 g/mol. The van der Waals surface area contributed by atoms with Gasteiger partial charge >= 0.3 is 5.97 Å². The first-order valence-electron chi connectivity index (χ1n) is 7.28. The number of hydrogen-bond acceptors (Lipinski definition) is 4. The number of nitrogens with one attached hydrogen (secondary N) is 2. The molecule has 0 aliphatic heterocycles. The maximum absolute atomic E-state index is 11.5. The first kappa shape index (κ1) is 17.5. The molecular weight excluding hydrogens is 286 g/mol. The van der Waals surface area contributed by atoms with E-state index in [1.807, 2.05) is 20.8 Å². The summed E-state index contributed by atoms with van der Waals surface area (Å²) >= 11 is 1.75. The summed E-state index contributed by atoms with van der Waals surface area (Å²) in [6.45, 7) is 9.73. The molecule has 0 radical (unpaired) electrons. The summed E-state index contributed by atoms with van der Waals surface area (Å²) in [5.41, 5.74) is 0. The van der Waals surface area contributed by atoms with Crippen molar-refractivity contribution in [2.24, 2.45) is 4.99 Å². The highest BCUT2D eigenvalue weighted by Crippen LogP contribution is 2.15. The van der Waals surface area contributed by atoms with E-state index in [-0.39, 0.29) is 12.1 Å². The molecule has 0 amide bonds. The SMILES string of the molecule is CCNC(=NCc1ccc(C)s1)NCCC(=O)OC(C)C. The van der Waals surface area contributed by atoms with Crippen LogP contribution in [0.3, 0.4) is 0 Å². The van der Waals surface area contributed by atoms with Gasteiger partial charge in [0.2, 0.25) is 0 Å². The Hall–Kier alpha value is -1.56. The summed E-state index contributed by atoms with van der Waals surface area (Å²) in [6, 6.07) is 4.19. The van der Waals surface area contributed by atoms with Crippen molar-refractivity contribution >= 4 is 23.3 Å². The zero-order chi connectivity index (χ0) is 15.7. The molecule has 0 bridgehead atoms. The first-order chi connectivity index (χ1) is 10.0. The maximum Gasteiger partial charge on any atom is 0.307 e. The minimum Gasteiger partial charge on any atom is -0.463 e. The van der Waals surface area contributed by atoms with Crippen LogP contribution in [-0.2, 0) is 16.1 Å². The van der Waals surface area contributed by atoms with Gasteiger partial charge in [-0.2, -0.15) is 0 Å². The normalized spacial score (nSPS) is 11.6. The molecule has 0 aliphatic rings. The first-order valence-corrected chi connectivity index (χ1v) is 8.10. The van der Waals surface area contributed by atoms with Crippen LogP contribution in [0.25, 0.3) is 0 Å². The predicted molar refractivity (Wildman–Crippen MR) is 87.7 cm³/mol. The third-order valence-electron chi connectivity index (χ3n) is 2.52. The van der Waals surface area contributed by atoms with Gasteiger partial charge in [0.1, 0.15) is 0 Å². The fourth-order valence-corrected chi connectivity index (χ4v) is 2.49. The topological polar surface area (TPSA) is 62.7 Å². The number of esters is 1. The third kappa shape index (κ3) is 7.70. The Bertz CT molecular complexity index is 469. The van der Waals surface area contributed by atoms with Crippen molar-refractivity contribution in [3.05, 3.63) is 21.9 Å². The number of carbonyl (C=O) groups is 1. The summed E-state index contributed by atoms with van der Waals surface area (Å²) in [5.74, 6) is 0.531. The van der Waals surface area contributed by atoms with Crippen LogP contribution in [-0.4, -0.2) is 31.1 Å². The number of hydrogen-bond donors (Lipinski definition) is 2. The largest absolute Gasteiger partial charge is 0.463 e. The van der Waals surface area contributed by atoms with Crippen LogP contribution in [0.2, 0.25) is 0 Å². The standard InChI is InChI=1S/C15H25N3O2S/c1-5-16-15(17-9-8-14(19)20-11(2)3)18-10-13-7-6-12(4)21-13/h6-7,11H,5,8-10H2,1-4H3,(H2,16,17,18). The molecule has 2 N–H and O–H groups in total. The van der Waals surface area contributed by atoms with Gasteiger partial charge in [-0.15, -0.1) is 11.3 Å². The van der Waals surface area contributed by atoms with E-state index in [4.69, 9.17) is 4.74 Å². The van der Waals surface area contributed by atoms with Crippen LogP contribution in [0.1, 0.15) is 36.9 Å². The molecule has 1 aromatic rings. The molecular formula is C15H25N3O2S. The molecule has 0 saturated heterocycles. The number of carbonyl (C=O) groups excluding carboxylic acids is 1. The number of guanidine groups is 1. The molecule has 1 rings (SSSR count). The Labute approximate surface area is 130 Å². The maximum atomic E-state index is 11.5. The van der Waals surface area contributed by atoms with Gasteiger partial charge in [-0.3, -0.25) is 4.79 Å². The molecule has 0 aliphatic carbocycles. The number of ether oxygens (including phenoxy) is 1. The highest BCUT2D eigenvalue weighted by molar-refractivity contribution is 7.11. The van der Waals surface area contributed by atoms with E-state index in [2.05, 4.69) is 34.7 Å². The van der Waals surface area contributed by atoms with Gasteiger partial charge in [0.25, 0.3) is 0 Å². The number of aliphatic imine (C=N–C) groups is 1. The van der Waals surface area contributed by atoms with Crippen molar-refractivity contribution < 1.29 is 9.53 Å². The van der Waals surface area contributed by atoms with Gasteiger partial charge in [0.05, 0.1) is 19.1 Å². The minimum atomic E-state index is -0.192. The smallest absolute Gasteiger partial charge is 0.307 e. The van der Waals surface area contributed by atoms with Gasteiger partial charge in [0.15, 0.2) is 5.96 Å². The molecule has 0 aromatic carbocycles. The van der Waals surface area contributed by atoms with E-state index in [1.165, 1.54) is 9.75 Å². The van der Waals surface area contributed by atoms with E-state index in [9.17, 15) is 4.79 Å². The second kappa shape index (κ2) is 9.39. The van der Waals surface area contributed by atoms with Crippen LogP contribution in [0.5, 0.6) is 0 Å². The molecule has 1 heterocycles. The molecule has 118 valence electrons. The second-order valence-corrected chi connectivity index (χ2v) is 6.30. The Morgan fingerprint density at radius 1 is 1.38 bits per heavy atom. The molecule has 0 fully saturated rings. The minimum absolute atomic E-state index is 0.0681. The van der Waals surface area contributed by atoms with Gasteiger partial charge in [-0.05, 0) is 39.8 Å². The molecule has 5 nitrogen and oxygen atoms in total. The average molecular weight is 311 g/mol. The Morgan fingerprint density at radius 3 is 2.71 bits per heavy atom. The van der Waals surface area contributed by atoms with Crippen molar-refractivity contribution in [3.63, 3.8) is 0 Å². The summed E-state index contributed by atoms with van der Waals surface area (Å²) in [5, 5.41) is 6.31. The van der Waals surface area contributed by atoms with E-state index in [0.717, 1.165) is 12.5 Å². The summed E-state index contributed by atoms with van der Waals surface area (Å²) in [4.78, 5) is 18.5. The molecule has 0 saturated carbocycles.